The van der Waals surface area contributed by atoms with Crippen molar-refractivity contribution in [2.24, 2.45) is 0 Å². The third-order valence-corrected chi connectivity index (χ3v) is 2.56. The van der Waals surface area contributed by atoms with E-state index in [1.165, 1.54) is 13.8 Å². The molecule has 0 aliphatic heterocycles. The predicted molar refractivity (Wildman–Crippen MR) is 80.9 cm³/mol. The molecule has 1 aromatic rings. The lowest BCUT2D eigenvalue weighted by Crippen LogP contribution is -2.28. The van der Waals surface area contributed by atoms with Crippen molar-refractivity contribution in [1.29, 1.82) is 0 Å². The van der Waals surface area contributed by atoms with Gasteiger partial charge in [-0.05, 0) is 26.0 Å². The summed E-state index contributed by atoms with van der Waals surface area (Å²) < 4.78 is 8.90. The number of phenolic OH excluding ortho intramolecular Hbond substituents is 2. The van der Waals surface area contributed by atoms with Crippen LogP contribution in [-0.2, 0) is 19.1 Å². The van der Waals surface area contributed by atoms with Gasteiger partial charge in [0.1, 0.15) is 22.6 Å². The van der Waals surface area contributed by atoms with Gasteiger partial charge in [0.05, 0.1) is 13.2 Å². The summed E-state index contributed by atoms with van der Waals surface area (Å²) in [6, 6.07) is 1.40. The van der Waals surface area contributed by atoms with E-state index in [0.29, 0.717) is 12.1 Å². The molecule has 0 radical (unpaired) electrons. The first-order chi connectivity index (χ1) is 12.3. The summed E-state index contributed by atoms with van der Waals surface area (Å²) in [5.74, 6) is -4.01. The van der Waals surface area contributed by atoms with Crippen molar-refractivity contribution < 1.29 is 48.5 Å². The molecule has 26 heavy (non-hydrogen) atoms. The van der Waals surface area contributed by atoms with E-state index in [9.17, 15) is 29.4 Å². The maximum Gasteiger partial charge on any atom is 0.440 e. The molecule has 0 spiro atoms. The molecule has 0 fully saturated rings. The van der Waals surface area contributed by atoms with Crippen molar-refractivity contribution in [2.75, 3.05) is 13.2 Å². The topological polar surface area (TPSA) is 170 Å². The number of hydroxylamine groups is 2. The minimum Gasteiger partial charge on any atom is -0.507 e. The number of carbonyl (C=O) groups excluding carboxylic acids is 4. The second-order valence-corrected chi connectivity index (χ2v) is 4.31. The Morgan fingerprint density at radius 1 is 0.808 bits per heavy atom. The van der Waals surface area contributed by atoms with Gasteiger partial charge in [-0.3, -0.25) is 0 Å². The zero-order chi connectivity index (χ0) is 19.7. The summed E-state index contributed by atoms with van der Waals surface area (Å²) in [6.45, 7) is 3.12. The molecule has 0 atom stereocenters. The molecule has 0 saturated heterocycles. The van der Waals surface area contributed by atoms with Crippen LogP contribution in [-0.4, -0.2) is 47.6 Å². The molecule has 142 valence electrons. The average molecular weight is 372 g/mol. The molecule has 1 aromatic carbocycles. The molecule has 4 N–H and O–H groups in total. The summed E-state index contributed by atoms with van der Waals surface area (Å²) in [6.07, 6.45) is -2.09. The molecule has 0 bridgehead atoms. The van der Waals surface area contributed by atoms with E-state index < -0.39 is 46.8 Å². The molecule has 0 aromatic heterocycles. The van der Waals surface area contributed by atoms with Crippen LogP contribution in [0.1, 0.15) is 34.6 Å². The SMILES string of the molecule is CCOC(=O)NOC(=O)c1cc(O)c(C(=O)ONC(=O)OCC)cc1O. The Hall–Kier alpha value is -3.70. The first-order valence-electron chi connectivity index (χ1n) is 7.13. The van der Waals surface area contributed by atoms with E-state index in [1.54, 1.807) is 11.0 Å². The number of hydrogen-bond donors (Lipinski definition) is 4. The fourth-order valence-electron chi connectivity index (χ4n) is 1.51. The number of benzene rings is 1. The Morgan fingerprint density at radius 3 is 1.46 bits per heavy atom. The monoisotopic (exact) mass is 372 g/mol. The summed E-state index contributed by atoms with van der Waals surface area (Å²) in [7, 11) is 0. The Labute approximate surface area is 146 Å². The van der Waals surface area contributed by atoms with Crippen LogP contribution in [0.4, 0.5) is 9.59 Å². The van der Waals surface area contributed by atoms with Gasteiger partial charge in [-0.1, -0.05) is 0 Å². The molecular weight excluding hydrogens is 356 g/mol. The van der Waals surface area contributed by atoms with E-state index in [4.69, 9.17) is 0 Å². The van der Waals surface area contributed by atoms with Gasteiger partial charge in [-0.2, -0.15) is 0 Å². The van der Waals surface area contributed by atoms with Crippen molar-refractivity contribution in [3.8, 4) is 11.5 Å². The third kappa shape index (κ3) is 5.74. The fraction of sp³-hybridized carbons (Fsp3) is 0.286. The van der Waals surface area contributed by atoms with Crippen molar-refractivity contribution in [1.82, 2.24) is 11.0 Å². The second kappa shape index (κ2) is 9.56. The lowest BCUT2D eigenvalue weighted by Gasteiger charge is -2.10. The van der Waals surface area contributed by atoms with Gasteiger partial charge in [0.2, 0.25) is 0 Å². The van der Waals surface area contributed by atoms with Crippen molar-refractivity contribution in [3.63, 3.8) is 0 Å². The van der Waals surface area contributed by atoms with Crippen LogP contribution in [0, 0.1) is 0 Å². The molecule has 0 aliphatic carbocycles. The number of aromatic hydroxyl groups is 2. The van der Waals surface area contributed by atoms with E-state index in [-0.39, 0.29) is 13.2 Å². The summed E-state index contributed by atoms with van der Waals surface area (Å²) in [4.78, 5) is 54.2. The molecule has 0 heterocycles. The summed E-state index contributed by atoms with van der Waals surface area (Å²) in [5, 5.41) is 19.6. The second-order valence-electron chi connectivity index (χ2n) is 4.31. The van der Waals surface area contributed by atoms with Crippen molar-refractivity contribution in [2.45, 2.75) is 13.8 Å². The molecule has 12 nitrogen and oxygen atoms in total. The number of hydrogen-bond acceptors (Lipinski definition) is 10. The summed E-state index contributed by atoms with van der Waals surface area (Å²) in [5.41, 5.74) is 2.19. The maximum atomic E-state index is 11.7. The van der Waals surface area contributed by atoms with E-state index in [1.807, 2.05) is 0 Å². The van der Waals surface area contributed by atoms with Crippen LogP contribution < -0.4 is 11.0 Å². The van der Waals surface area contributed by atoms with Crippen LogP contribution in [0.15, 0.2) is 12.1 Å². The summed E-state index contributed by atoms with van der Waals surface area (Å²) >= 11 is 0. The van der Waals surface area contributed by atoms with Gasteiger partial charge >= 0.3 is 24.1 Å². The maximum absolute atomic E-state index is 11.7. The number of carbonyl (C=O) groups is 4. The number of rotatable bonds is 4. The molecule has 0 saturated carbocycles. The molecule has 1 rings (SSSR count). The predicted octanol–water partition coefficient (Wildman–Crippen LogP) is 0.734. The molecule has 0 unspecified atom stereocenters. The first-order valence-corrected chi connectivity index (χ1v) is 7.13. The third-order valence-electron chi connectivity index (χ3n) is 2.56. The number of phenols is 2. The highest BCUT2D eigenvalue weighted by molar-refractivity contribution is 5.98. The Bertz CT molecular complexity index is 643. The highest BCUT2D eigenvalue weighted by atomic mass is 16.7. The largest absolute Gasteiger partial charge is 0.507 e. The number of ether oxygens (including phenoxy) is 2. The van der Waals surface area contributed by atoms with Crippen LogP contribution in [0.3, 0.4) is 0 Å². The molecule has 12 heteroatoms. The Kier molecular flexibility index (Phi) is 7.48. The Morgan fingerprint density at radius 2 is 1.15 bits per heavy atom. The first kappa shape index (κ1) is 20.3. The highest BCUT2D eigenvalue weighted by Gasteiger charge is 2.22. The molecule has 2 amide bonds. The quantitative estimate of drug-likeness (QED) is 0.336. The van der Waals surface area contributed by atoms with E-state index in [0.717, 1.165) is 0 Å². The van der Waals surface area contributed by atoms with Crippen LogP contribution in [0.2, 0.25) is 0 Å². The van der Waals surface area contributed by atoms with Crippen molar-refractivity contribution in [3.05, 3.63) is 23.3 Å². The standard InChI is InChI=1S/C14H16N2O10/c1-3-23-13(21)15-25-11(19)7-5-10(18)8(6-9(7)17)12(20)26-16-14(22)24-4-2/h5-6,17-18H,3-4H2,1-2H3,(H,15,21)(H,16,22). The number of amides is 2. The van der Waals surface area contributed by atoms with Gasteiger partial charge < -0.3 is 29.4 Å². The van der Waals surface area contributed by atoms with Crippen LogP contribution >= 0.6 is 0 Å². The van der Waals surface area contributed by atoms with Gasteiger partial charge in [0.25, 0.3) is 0 Å². The zero-order valence-electron chi connectivity index (χ0n) is 13.7. The smallest absolute Gasteiger partial charge is 0.440 e. The Balaban J connectivity index is 2.80. The molecule has 0 aliphatic rings. The van der Waals surface area contributed by atoms with Crippen LogP contribution in [0.5, 0.6) is 11.5 Å². The minimum atomic E-state index is -1.24. The zero-order valence-corrected chi connectivity index (χ0v) is 13.7. The van der Waals surface area contributed by atoms with Gasteiger partial charge in [0, 0.05) is 0 Å². The van der Waals surface area contributed by atoms with E-state index in [2.05, 4.69) is 19.1 Å². The fourth-order valence-corrected chi connectivity index (χ4v) is 1.51. The lowest BCUT2D eigenvalue weighted by molar-refractivity contribution is 0.0203. The highest BCUT2D eigenvalue weighted by Crippen LogP contribution is 2.28. The van der Waals surface area contributed by atoms with Crippen molar-refractivity contribution >= 4 is 24.1 Å². The van der Waals surface area contributed by atoms with E-state index >= 15 is 0 Å². The molecular formula is C14H16N2O10. The van der Waals surface area contributed by atoms with Gasteiger partial charge in [-0.15, -0.1) is 11.0 Å². The lowest BCUT2D eigenvalue weighted by atomic mass is 10.1. The van der Waals surface area contributed by atoms with Crippen LogP contribution in [0.25, 0.3) is 0 Å². The van der Waals surface area contributed by atoms with Gasteiger partial charge in [0.15, 0.2) is 0 Å². The number of nitrogens with one attached hydrogen (secondary N) is 2. The van der Waals surface area contributed by atoms with Gasteiger partial charge in [-0.25, -0.2) is 19.2 Å². The average Bonchev–Trinajstić information content (AvgIpc) is 2.59. The normalized spacial score (nSPS) is 9.62. The minimum absolute atomic E-state index is 0.0338.